The van der Waals surface area contributed by atoms with Crippen molar-refractivity contribution in [2.45, 2.75) is 63.5 Å². The molecule has 1 aliphatic carbocycles. The first-order valence-electron chi connectivity index (χ1n) is 11.4. The van der Waals surface area contributed by atoms with E-state index >= 15 is 0 Å². The summed E-state index contributed by atoms with van der Waals surface area (Å²) in [6, 6.07) is 7.35. The molecule has 164 valence electrons. The fourth-order valence-electron chi connectivity index (χ4n) is 5.12. The fourth-order valence-corrected chi connectivity index (χ4v) is 6.09. The molecule has 3 fully saturated rings. The molecule has 1 aromatic carbocycles. The second kappa shape index (κ2) is 8.57. The number of aromatic nitrogens is 1. The number of thiazole rings is 1. The topological polar surface area (TPSA) is 73.8 Å². The van der Waals surface area contributed by atoms with E-state index in [4.69, 9.17) is 0 Å². The summed E-state index contributed by atoms with van der Waals surface area (Å²) in [6.45, 7) is 1.45. The maximum absolute atomic E-state index is 13.2. The summed E-state index contributed by atoms with van der Waals surface area (Å²) < 4.78 is 1.13. The highest BCUT2D eigenvalue weighted by molar-refractivity contribution is 7.18. The van der Waals surface area contributed by atoms with Gasteiger partial charge in [0.25, 0.3) is 5.91 Å². The van der Waals surface area contributed by atoms with E-state index in [0.29, 0.717) is 38.9 Å². The summed E-state index contributed by atoms with van der Waals surface area (Å²) in [5, 5.41) is 0.960. The van der Waals surface area contributed by atoms with Gasteiger partial charge >= 0.3 is 6.03 Å². The molecule has 0 radical (unpaired) electrons. The van der Waals surface area contributed by atoms with E-state index in [1.165, 1.54) is 11.3 Å². The lowest BCUT2D eigenvalue weighted by Crippen LogP contribution is -2.45. The smallest absolute Gasteiger partial charge is 0.327 e. The molecular formula is C23H28N4O3S. The average Bonchev–Trinajstić information content (AvgIpc) is 3.20. The minimum Gasteiger partial charge on any atom is -0.340 e. The van der Waals surface area contributed by atoms with Gasteiger partial charge < -0.3 is 9.80 Å². The van der Waals surface area contributed by atoms with Gasteiger partial charge in [-0.25, -0.2) is 9.78 Å². The molecule has 0 spiro atoms. The molecule has 0 N–H and O–H groups in total. The van der Waals surface area contributed by atoms with Crippen LogP contribution in [0.4, 0.5) is 4.79 Å². The normalized spacial score (nSPS) is 22.8. The third-order valence-corrected chi connectivity index (χ3v) is 7.85. The summed E-state index contributed by atoms with van der Waals surface area (Å²) in [5.41, 5.74) is 0.971. The number of hydrogen-bond donors (Lipinski definition) is 0. The molecule has 2 saturated heterocycles. The number of amides is 4. The van der Waals surface area contributed by atoms with Crippen LogP contribution in [0.25, 0.3) is 10.2 Å². The van der Waals surface area contributed by atoms with Gasteiger partial charge in [0.1, 0.15) is 6.04 Å². The van der Waals surface area contributed by atoms with Crippen molar-refractivity contribution in [3.8, 4) is 0 Å². The average molecular weight is 441 g/mol. The monoisotopic (exact) mass is 440 g/mol. The number of carbonyl (C=O) groups excluding carboxylic acids is 3. The maximum Gasteiger partial charge on any atom is 0.327 e. The zero-order chi connectivity index (χ0) is 21.4. The summed E-state index contributed by atoms with van der Waals surface area (Å²) >= 11 is 1.63. The minimum atomic E-state index is -0.525. The summed E-state index contributed by atoms with van der Waals surface area (Å²) in [5.74, 6) is -0.0692. The van der Waals surface area contributed by atoms with Crippen LogP contribution in [0.5, 0.6) is 0 Å². The Kier molecular flexibility index (Phi) is 5.65. The Bertz CT molecular complexity index is 967. The standard InChI is InChI=1S/C23H28N4O3S/c28-21(12-11-20-24-17-9-4-5-10-19(17)31-20)25-13-6-14-26-18(15-25)22(29)27(23(26)30)16-7-2-1-3-8-16/h4-5,9-10,16,18H,1-3,6-8,11-15H2. The zero-order valence-corrected chi connectivity index (χ0v) is 18.5. The Hall–Kier alpha value is -2.48. The van der Waals surface area contributed by atoms with Crippen LogP contribution in [0.3, 0.4) is 0 Å². The molecule has 5 rings (SSSR count). The number of hydrogen-bond acceptors (Lipinski definition) is 5. The van der Waals surface area contributed by atoms with Crippen LogP contribution in [-0.2, 0) is 16.0 Å². The van der Waals surface area contributed by atoms with Gasteiger partial charge in [0.05, 0.1) is 21.8 Å². The first-order chi connectivity index (χ1) is 15.1. The largest absolute Gasteiger partial charge is 0.340 e. The second-order valence-corrected chi connectivity index (χ2v) is 9.88. The van der Waals surface area contributed by atoms with Gasteiger partial charge in [-0.1, -0.05) is 31.4 Å². The summed E-state index contributed by atoms with van der Waals surface area (Å²) in [4.78, 5) is 48.8. The van der Waals surface area contributed by atoms with Crippen LogP contribution < -0.4 is 0 Å². The molecule has 1 aromatic heterocycles. The van der Waals surface area contributed by atoms with Crippen molar-refractivity contribution in [1.29, 1.82) is 0 Å². The van der Waals surface area contributed by atoms with Gasteiger partial charge in [0, 0.05) is 32.0 Å². The first-order valence-corrected chi connectivity index (χ1v) is 12.2. The van der Waals surface area contributed by atoms with E-state index in [0.717, 1.165) is 40.9 Å². The van der Waals surface area contributed by atoms with Crippen LogP contribution in [0.15, 0.2) is 24.3 Å². The number of carbonyl (C=O) groups is 3. The number of imide groups is 1. The Morgan fingerprint density at radius 3 is 2.68 bits per heavy atom. The van der Waals surface area contributed by atoms with Crippen molar-refractivity contribution in [2.75, 3.05) is 19.6 Å². The predicted octanol–water partition coefficient (Wildman–Crippen LogP) is 3.43. The van der Waals surface area contributed by atoms with Gasteiger partial charge in [-0.05, 0) is 31.4 Å². The highest BCUT2D eigenvalue weighted by Gasteiger charge is 2.49. The molecule has 31 heavy (non-hydrogen) atoms. The lowest BCUT2D eigenvalue weighted by molar-refractivity contribution is -0.134. The molecule has 0 bridgehead atoms. The quantitative estimate of drug-likeness (QED) is 0.683. The lowest BCUT2D eigenvalue weighted by atomic mass is 9.94. The first kappa shape index (κ1) is 20.4. The fraction of sp³-hybridized carbons (Fsp3) is 0.565. The number of nitrogens with zero attached hydrogens (tertiary/aromatic N) is 4. The number of aryl methyl sites for hydroxylation is 1. The molecule has 2 aliphatic heterocycles. The molecule has 1 unspecified atom stereocenters. The summed E-state index contributed by atoms with van der Waals surface area (Å²) in [7, 11) is 0. The molecule has 1 atom stereocenters. The SMILES string of the molecule is O=C(CCc1nc2ccccc2s1)N1CCCN2C(=O)N(C3CCCCC3)C(=O)C2C1. The number of rotatable bonds is 4. The van der Waals surface area contributed by atoms with Gasteiger partial charge in [-0.3, -0.25) is 14.5 Å². The molecule has 1 saturated carbocycles. The predicted molar refractivity (Wildman–Crippen MR) is 119 cm³/mol. The minimum absolute atomic E-state index is 0.0314. The molecule has 4 amide bonds. The van der Waals surface area contributed by atoms with Gasteiger partial charge in [0.15, 0.2) is 0 Å². The van der Waals surface area contributed by atoms with Crippen molar-refractivity contribution in [3.05, 3.63) is 29.3 Å². The third kappa shape index (κ3) is 3.93. The molecule has 7 nitrogen and oxygen atoms in total. The molecule has 3 aliphatic rings. The second-order valence-electron chi connectivity index (χ2n) is 8.76. The number of fused-ring (bicyclic) bond motifs is 2. The maximum atomic E-state index is 13.2. The molecule has 8 heteroatoms. The highest BCUT2D eigenvalue weighted by atomic mass is 32.1. The van der Waals surface area contributed by atoms with E-state index in [9.17, 15) is 14.4 Å². The zero-order valence-electron chi connectivity index (χ0n) is 17.7. The van der Waals surface area contributed by atoms with Gasteiger partial charge in [0.2, 0.25) is 5.91 Å². The van der Waals surface area contributed by atoms with Crippen molar-refractivity contribution in [2.24, 2.45) is 0 Å². The molecule has 3 heterocycles. The van der Waals surface area contributed by atoms with Crippen LogP contribution in [0.1, 0.15) is 50.0 Å². The summed E-state index contributed by atoms with van der Waals surface area (Å²) in [6.07, 6.45) is 6.82. The van der Waals surface area contributed by atoms with Gasteiger partial charge in [-0.15, -0.1) is 11.3 Å². The lowest BCUT2D eigenvalue weighted by Gasteiger charge is -2.29. The van der Waals surface area contributed by atoms with Crippen LogP contribution in [0, 0.1) is 0 Å². The van der Waals surface area contributed by atoms with Crippen LogP contribution >= 0.6 is 11.3 Å². The Morgan fingerprint density at radius 1 is 1.06 bits per heavy atom. The molecular weight excluding hydrogens is 412 g/mol. The van der Waals surface area contributed by atoms with Crippen molar-refractivity contribution in [1.82, 2.24) is 19.7 Å². The van der Waals surface area contributed by atoms with Crippen molar-refractivity contribution < 1.29 is 14.4 Å². The van der Waals surface area contributed by atoms with Crippen molar-refractivity contribution >= 4 is 39.4 Å². The Morgan fingerprint density at radius 2 is 1.87 bits per heavy atom. The van der Waals surface area contributed by atoms with Crippen LogP contribution in [-0.4, -0.2) is 69.2 Å². The van der Waals surface area contributed by atoms with E-state index in [-0.39, 0.29) is 23.9 Å². The number of urea groups is 1. The third-order valence-electron chi connectivity index (χ3n) is 6.75. The van der Waals surface area contributed by atoms with Crippen LogP contribution in [0.2, 0.25) is 0 Å². The molecule has 2 aromatic rings. The van der Waals surface area contributed by atoms with E-state index in [1.807, 2.05) is 24.3 Å². The van der Waals surface area contributed by atoms with Crippen molar-refractivity contribution in [3.63, 3.8) is 0 Å². The Balaban J connectivity index is 1.24. The number of benzene rings is 1. The number of para-hydroxylation sites is 1. The van der Waals surface area contributed by atoms with E-state index in [2.05, 4.69) is 4.98 Å². The van der Waals surface area contributed by atoms with E-state index < -0.39 is 6.04 Å². The highest BCUT2D eigenvalue weighted by Crippen LogP contribution is 2.30. The Labute approximate surface area is 186 Å². The van der Waals surface area contributed by atoms with Gasteiger partial charge in [-0.2, -0.15) is 0 Å². The van der Waals surface area contributed by atoms with E-state index in [1.54, 1.807) is 21.1 Å².